The van der Waals surface area contributed by atoms with Gasteiger partial charge in [0, 0.05) is 22.7 Å². The van der Waals surface area contributed by atoms with Gasteiger partial charge in [0.05, 0.1) is 5.69 Å². The Morgan fingerprint density at radius 1 is 0.515 bits per heavy atom. The summed E-state index contributed by atoms with van der Waals surface area (Å²) in [7, 11) is 0. The maximum Gasteiger partial charge on any atom is 0.138 e. The van der Waals surface area contributed by atoms with Gasteiger partial charge in [-0.15, -0.1) is 0 Å². The molecule has 0 N–H and O–H groups in total. The molecular formula is C31H20N2. The molecule has 0 spiro atoms. The molecule has 1 heterocycles. The molecule has 0 fully saturated rings. The van der Waals surface area contributed by atoms with Gasteiger partial charge >= 0.3 is 0 Å². The molecule has 1 aliphatic carbocycles. The van der Waals surface area contributed by atoms with Crippen molar-refractivity contribution in [3.05, 3.63) is 121 Å². The molecule has 5 aromatic carbocycles. The van der Waals surface area contributed by atoms with Crippen LogP contribution in [-0.4, -0.2) is 4.98 Å². The molecule has 1 aromatic heterocycles. The van der Waals surface area contributed by atoms with E-state index in [1.807, 2.05) is 6.20 Å². The zero-order chi connectivity index (χ0) is 21.8. The lowest BCUT2D eigenvalue weighted by atomic mass is 10.0. The number of pyridine rings is 1. The number of nitrogens with zero attached hydrogens (tertiary/aromatic N) is 2. The standard InChI is InChI=1S/C31H20N2/c1-2-11-23(12-3-1)33(30-19-21-9-4-5-10-22(21)20-32-30)29-18-17-27-25-14-7-6-13-24(25)26-15-8-16-28(29)31(26)27/h1-20H. The molecule has 33 heavy (non-hydrogen) atoms. The smallest absolute Gasteiger partial charge is 0.138 e. The van der Waals surface area contributed by atoms with Crippen molar-refractivity contribution in [2.75, 3.05) is 4.90 Å². The van der Waals surface area contributed by atoms with Gasteiger partial charge < -0.3 is 0 Å². The number of hydrogen-bond acceptors (Lipinski definition) is 2. The minimum absolute atomic E-state index is 0.913. The second-order valence-electron chi connectivity index (χ2n) is 8.47. The fourth-order valence-electron chi connectivity index (χ4n) is 5.15. The van der Waals surface area contributed by atoms with Crippen molar-refractivity contribution in [3.63, 3.8) is 0 Å². The highest BCUT2D eigenvalue weighted by molar-refractivity contribution is 6.19. The molecule has 0 unspecified atom stereocenters. The predicted molar refractivity (Wildman–Crippen MR) is 138 cm³/mol. The number of fused-ring (bicyclic) bond motifs is 4. The molecule has 0 saturated heterocycles. The number of rotatable bonds is 3. The lowest BCUT2D eigenvalue weighted by Crippen LogP contribution is -2.12. The molecule has 2 heteroatoms. The van der Waals surface area contributed by atoms with Crippen LogP contribution in [0.2, 0.25) is 0 Å². The van der Waals surface area contributed by atoms with Gasteiger partial charge in [0.25, 0.3) is 0 Å². The Balaban J connectivity index is 1.52. The number of aromatic nitrogens is 1. The largest absolute Gasteiger partial charge is 0.294 e. The SMILES string of the molecule is c1ccc(N(c2cc3ccccc3cn2)c2ccc3c4c(cccc24)-c2ccccc2-3)cc1. The number of benzene rings is 5. The Bertz CT molecular complexity index is 1640. The lowest BCUT2D eigenvalue weighted by molar-refractivity contribution is 1.20. The first kappa shape index (κ1) is 18.2. The molecule has 1 aliphatic rings. The van der Waals surface area contributed by atoms with Crippen LogP contribution in [0.1, 0.15) is 0 Å². The summed E-state index contributed by atoms with van der Waals surface area (Å²) in [5.41, 5.74) is 7.46. The Labute approximate surface area is 192 Å². The normalized spacial score (nSPS) is 11.6. The fraction of sp³-hybridized carbons (Fsp3) is 0. The van der Waals surface area contributed by atoms with Crippen molar-refractivity contribution in [3.8, 4) is 22.3 Å². The van der Waals surface area contributed by atoms with E-state index in [4.69, 9.17) is 4.98 Å². The van der Waals surface area contributed by atoms with Crippen LogP contribution in [0.5, 0.6) is 0 Å². The van der Waals surface area contributed by atoms with Gasteiger partial charge in [0.1, 0.15) is 5.82 Å². The maximum absolute atomic E-state index is 4.89. The van der Waals surface area contributed by atoms with Crippen LogP contribution in [0, 0.1) is 0 Å². The molecule has 6 aromatic rings. The Morgan fingerprint density at radius 3 is 2.00 bits per heavy atom. The maximum atomic E-state index is 4.89. The molecule has 7 rings (SSSR count). The van der Waals surface area contributed by atoms with E-state index in [-0.39, 0.29) is 0 Å². The van der Waals surface area contributed by atoms with Crippen LogP contribution >= 0.6 is 0 Å². The summed E-state index contributed by atoms with van der Waals surface area (Å²) in [6.45, 7) is 0. The van der Waals surface area contributed by atoms with Crippen molar-refractivity contribution in [1.82, 2.24) is 4.98 Å². The summed E-state index contributed by atoms with van der Waals surface area (Å²) in [4.78, 5) is 7.17. The molecular weight excluding hydrogens is 400 g/mol. The van der Waals surface area contributed by atoms with Crippen LogP contribution in [-0.2, 0) is 0 Å². The highest BCUT2D eigenvalue weighted by Gasteiger charge is 2.24. The Kier molecular flexibility index (Phi) is 3.88. The van der Waals surface area contributed by atoms with Gasteiger partial charge in [-0.1, -0.05) is 91.0 Å². The summed E-state index contributed by atoms with van der Waals surface area (Å²) in [6.07, 6.45) is 1.97. The first-order valence-corrected chi connectivity index (χ1v) is 11.2. The highest BCUT2D eigenvalue weighted by Crippen LogP contribution is 2.50. The second-order valence-corrected chi connectivity index (χ2v) is 8.47. The van der Waals surface area contributed by atoms with Crippen molar-refractivity contribution in [1.29, 1.82) is 0 Å². The van der Waals surface area contributed by atoms with Crippen LogP contribution < -0.4 is 4.90 Å². The number of para-hydroxylation sites is 1. The Morgan fingerprint density at radius 2 is 1.18 bits per heavy atom. The first-order chi connectivity index (χ1) is 16.4. The topological polar surface area (TPSA) is 16.1 Å². The van der Waals surface area contributed by atoms with E-state index < -0.39 is 0 Å². The van der Waals surface area contributed by atoms with E-state index in [1.165, 1.54) is 38.4 Å². The quantitative estimate of drug-likeness (QED) is 0.285. The van der Waals surface area contributed by atoms with Crippen LogP contribution in [0.3, 0.4) is 0 Å². The van der Waals surface area contributed by atoms with Gasteiger partial charge in [-0.2, -0.15) is 0 Å². The zero-order valence-electron chi connectivity index (χ0n) is 17.9. The summed E-state index contributed by atoms with van der Waals surface area (Å²) >= 11 is 0. The molecule has 2 nitrogen and oxygen atoms in total. The molecule has 0 bridgehead atoms. The summed E-state index contributed by atoms with van der Waals surface area (Å²) < 4.78 is 0. The van der Waals surface area contributed by atoms with Crippen LogP contribution in [0.15, 0.2) is 121 Å². The van der Waals surface area contributed by atoms with E-state index in [0.29, 0.717) is 0 Å². The van der Waals surface area contributed by atoms with Gasteiger partial charge in [-0.25, -0.2) is 4.98 Å². The van der Waals surface area contributed by atoms with Gasteiger partial charge in [-0.05, 0) is 57.3 Å². The first-order valence-electron chi connectivity index (χ1n) is 11.2. The fourth-order valence-corrected chi connectivity index (χ4v) is 5.15. The van der Waals surface area contributed by atoms with Crippen molar-refractivity contribution >= 4 is 38.7 Å². The van der Waals surface area contributed by atoms with E-state index in [0.717, 1.165) is 22.6 Å². The molecule has 0 atom stereocenters. The summed E-state index contributed by atoms with van der Waals surface area (Å²) in [5, 5.41) is 4.88. The van der Waals surface area contributed by atoms with E-state index in [1.54, 1.807) is 0 Å². The molecule has 0 amide bonds. The number of anilines is 3. The number of hydrogen-bond donors (Lipinski definition) is 0. The average Bonchev–Trinajstić information content (AvgIpc) is 3.21. The van der Waals surface area contributed by atoms with E-state index in [9.17, 15) is 0 Å². The third-order valence-electron chi connectivity index (χ3n) is 6.63. The molecule has 0 radical (unpaired) electrons. The van der Waals surface area contributed by atoms with Gasteiger partial charge in [-0.3, -0.25) is 4.90 Å². The Hall–Kier alpha value is -4.43. The predicted octanol–water partition coefficient (Wildman–Crippen LogP) is 8.51. The average molecular weight is 421 g/mol. The van der Waals surface area contributed by atoms with Crippen molar-refractivity contribution < 1.29 is 0 Å². The molecule has 0 aliphatic heterocycles. The van der Waals surface area contributed by atoms with Crippen LogP contribution in [0.4, 0.5) is 17.2 Å². The molecule has 0 saturated carbocycles. The van der Waals surface area contributed by atoms with Crippen LogP contribution in [0.25, 0.3) is 43.8 Å². The second kappa shape index (κ2) is 7.04. The van der Waals surface area contributed by atoms with Gasteiger partial charge in [0.2, 0.25) is 0 Å². The lowest BCUT2D eigenvalue weighted by Gasteiger charge is -2.26. The minimum Gasteiger partial charge on any atom is -0.294 e. The highest BCUT2D eigenvalue weighted by atomic mass is 15.2. The van der Waals surface area contributed by atoms with Crippen molar-refractivity contribution in [2.24, 2.45) is 0 Å². The zero-order valence-corrected chi connectivity index (χ0v) is 17.9. The van der Waals surface area contributed by atoms with E-state index in [2.05, 4.69) is 120 Å². The summed E-state index contributed by atoms with van der Waals surface area (Å²) in [6, 6.07) is 40.9. The monoisotopic (exact) mass is 420 g/mol. The van der Waals surface area contributed by atoms with Gasteiger partial charge in [0.15, 0.2) is 0 Å². The summed E-state index contributed by atoms with van der Waals surface area (Å²) in [5.74, 6) is 0.913. The minimum atomic E-state index is 0.913. The third-order valence-corrected chi connectivity index (χ3v) is 6.63. The van der Waals surface area contributed by atoms with E-state index >= 15 is 0 Å². The van der Waals surface area contributed by atoms with Crippen molar-refractivity contribution in [2.45, 2.75) is 0 Å². The molecule has 154 valence electrons. The third kappa shape index (κ3) is 2.71.